The maximum absolute atomic E-state index is 13.3. The first-order valence-corrected chi connectivity index (χ1v) is 8.46. The van der Waals surface area contributed by atoms with Gasteiger partial charge in [0.25, 0.3) is 0 Å². The van der Waals surface area contributed by atoms with Gasteiger partial charge in [0.15, 0.2) is 23.7 Å². The second-order valence-electron chi connectivity index (χ2n) is 6.75. The van der Waals surface area contributed by atoms with Gasteiger partial charge >= 0.3 is 0 Å². The third-order valence-electron chi connectivity index (χ3n) is 5.34. The quantitative estimate of drug-likeness (QED) is 0.638. The molecule has 2 nitrogen and oxygen atoms in total. The molecule has 1 aliphatic heterocycles. The van der Waals surface area contributed by atoms with Gasteiger partial charge < -0.3 is 9.47 Å². The summed E-state index contributed by atoms with van der Waals surface area (Å²) in [4.78, 5) is 0. The van der Waals surface area contributed by atoms with Crippen LogP contribution in [0.4, 0.5) is 13.2 Å². The van der Waals surface area contributed by atoms with E-state index < -0.39 is 23.7 Å². The molecule has 0 aromatic heterocycles. The number of halogens is 3. The highest BCUT2D eigenvalue weighted by atomic mass is 19.2. The maximum Gasteiger partial charge on any atom is 0.194 e. The molecular formula is C19H29F3O2. The summed E-state index contributed by atoms with van der Waals surface area (Å²) in [5.41, 5.74) is 0.189. The largest absolute Gasteiger partial charge is 0.348 e. The van der Waals surface area contributed by atoms with E-state index in [1.807, 2.05) is 0 Å². The molecule has 0 N–H and O–H groups in total. The van der Waals surface area contributed by atoms with Crippen molar-refractivity contribution in [2.45, 2.75) is 52.7 Å². The number of benzene rings is 1. The minimum absolute atomic E-state index is 0. The van der Waals surface area contributed by atoms with Crippen molar-refractivity contribution in [2.75, 3.05) is 13.2 Å². The van der Waals surface area contributed by atoms with E-state index in [-0.39, 0.29) is 14.4 Å². The molecule has 138 valence electrons. The van der Waals surface area contributed by atoms with Crippen LogP contribution in [0.3, 0.4) is 0 Å². The fourth-order valence-corrected chi connectivity index (χ4v) is 3.76. The molecule has 24 heavy (non-hydrogen) atoms. The van der Waals surface area contributed by atoms with E-state index in [0.717, 1.165) is 18.1 Å². The maximum atomic E-state index is 13.3. The summed E-state index contributed by atoms with van der Waals surface area (Å²) in [6.07, 6.45) is 5.34. The Morgan fingerprint density at radius 3 is 2.00 bits per heavy atom. The van der Waals surface area contributed by atoms with Crippen molar-refractivity contribution in [3.05, 3.63) is 35.1 Å². The molecule has 5 heteroatoms. The summed E-state index contributed by atoms with van der Waals surface area (Å²) in [6.45, 7) is 3.28. The van der Waals surface area contributed by atoms with E-state index in [9.17, 15) is 13.2 Å². The van der Waals surface area contributed by atoms with Gasteiger partial charge in [-0.25, -0.2) is 13.2 Å². The predicted molar refractivity (Wildman–Crippen MR) is 89.0 cm³/mol. The van der Waals surface area contributed by atoms with Crippen LogP contribution < -0.4 is 0 Å². The van der Waals surface area contributed by atoms with Crippen LogP contribution in [0.1, 0.15) is 59.7 Å². The molecule has 1 heterocycles. The molecule has 0 amide bonds. The van der Waals surface area contributed by atoms with Gasteiger partial charge in [-0.15, -0.1) is 0 Å². The minimum atomic E-state index is -1.46. The fourth-order valence-electron chi connectivity index (χ4n) is 3.76. The smallest absolute Gasteiger partial charge is 0.194 e. The highest BCUT2D eigenvalue weighted by Gasteiger charge is 2.32. The summed E-state index contributed by atoms with van der Waals surface area (Å²) in [6, 6.07) is 1.88. The van der Waals surface area contributed by atoms with Gasteiger partial charge in [-0.2, -0.15) is 0 Å². The zero-order valence-electron chi connectivity index (χ0n) is 13.4. The zero-order valence-corrected chi connectivity index (χ0v) is 13.4. The van der Waals surface area contributed by atoms with Gasteiger partial charge in [0.2, 0.25) is 0 Å². The van der Waals surface area contributed by atoms with Crippen LogP contribution in [-0.2, 0) is 9.47 Å². The van der Waals surface area contributed by atoms with Crippen molar-refractivity contribution >= 4 is 0 Å². The van der Waals surface area contributed by atoms with Crippen molar-refractivity contribution < 1.29 is 24.1 Å². The number of hydrogen-bond donors (Lipinski definition) is 0. The summed E-state index contributed by atoms with van der Waals surface area (Å²) in [5, 5.41) is 0. The third-order valence-corrected chi connectivity index (χ3v) is 5.34. The van der Waals surface area contributed by atoms with Gasteiger partial charge in [-0.1, -0.05) is 33.6 Å². The van der Waals surface area contributed by atoms with Crippen LogP contribution in [0.15, 0.2) is 12.1 Å². The molecular weight excluding hydrogens is 317 g/mol. The topological polar surface area (TPSA) is 18.5 Å². The van der Waals surface area contributed by atoms with Crippen molar-refractivity contribution in [1.82, 2.24) is 0 Å². The van der Waals surface area contributed by atoms with E-state index in [2.05, 4.69) is 6.92 Å². The Bertz CT molecular complexity index is 516. The minimum Gasteiger partial charge on any atom is -0.348 e. The van der Waals surface area contributed by atoms with Crippen molar-refractivity contribution in [2.24, 2.45) is 17.8 Å². The lowest BCUT2D eigenvalue weighted by molar-refractivity contribution is -0.215. The molecule has 1 aromatic carbocycles. The van der Waals surface area contributed by atoms with Gasteiger partial charge in [-0.3, -0.25) is 0 Å². The molecule has 0 spiro atoms. The number of hydrogen-bond acceptors (Lipinski definition) is 2. The Balaban J connectivity index is 0.00000156. The molecule has 1 saturated heterocycles. The Kier molecular flexibility index (Phi) is 6.70. The molecule has 1 saturated carbocycles. The first-order valence-electron chi connectivity index (χ1n) is 8.46. The van der Waals surface area contributed by atoms with Crippen molar-refractivity contribution in [3.8, 4) is 0 Å². The summed E-state index contributed by atoms with van der Waals surface area (Å²) in [7, 11) is 0. The van der Waals surface area contributed by atoms with E-state index in [1.165, 1.54) is 32.1 Å². The Hall–Kier alpha value is -1.07. The molecule has 1 aliphatic carbocycles. The lowest BCUT2D eigenvalue weighted by Crippen LogP contribution is -2.34. The van der Waals surface area contributed by atoms with Gasteiger partial charge in [-0.05, 0) is 36.8 Å². The van der Waals surface area contributed by atoms with Crippen LogP contribution in [0, 0.1) is 35.2 Å². The van der Waals surface area contributed by atoms with E-state index >= 15 is 0 Å². The summed E-state index contributed by atoms with van der Waals surface area (Å²) < 4.78 is 50.9. The Morgan fingerprint density at radius 2 is 1.50 bits per heavy atom. The van der Waals surface area contributed by atoms with Gasteiger partial charge in [0, 0.05) is 12.9 Å². The van der Waals surface area contributed by atoms with Gasteiger partial charge in [0.1, 0.15) is 0 Å². The SMILES string of the molecule is C.CCC1CCC(C2COC(c3cc(F)c(F)c(F)c3)OC2)CC1.[HH]. The standard InChI is InChI=1S/C18H23F3O2.CH4.H2/c1-2-11-3-5-12(6-4-11)14-9-22-18(23-10-14)13-7-15(19)17(21)16(20)8-13;;/h7-8,11-12,14,18H,2-6,9-10H2,1H3;1H4;1H. The van der Waals surface area contributed by atoms with E-state index in [1.54, 1.807) is 0 Å². The first kappa shape index (κ1) is 19.3. The summed E-state index contributed by atoms with van der Waals surface area (Å²) >= 11 is 0. The monoisotopic (exact) mass is 346 g/mol. The first-order chi connectivity index (χ1) is 11.1. The molecule has 2 aliphatic rings. The highest BCUT2D eigenvalue weighted by molar-refractivity contribution is 5.20. The normalized spacial score (nSPS) is 30.7. The second-order valence-corrected chi connectivity index (χ2v) is 6.75. The highest BCUT2D eigenvalue weighted by Crippen LogP contribution is 2.38. The van der Waals surface area contributed by atoms with Crippen LogP contribution in [0.5, 0.6) is 0 Å². The molecule has 0 bridgehead atoms. The Labute approximate surface area is 143 Å². The molecule has 0 radical (unpaired) electrons. The predicted octanol–water partition coefficient (Wildman–Crippen LogP) is 5.86. The molecule has 0 atom stereocenters. The average molecular weight is 346 g/mol. The van der Waals surface area contributed by atoms with Crippen LogP contribution in [0.25, 0.3) is 0 Å². The second kappa shape index (κ2) is 8.34. The van der Waals surface area contributed by atoms with Crippen molar-refractivity contribution in [3.63, 3.8) is 0 Å². The molecule has 3 rings (SSSR count). The molecule has 0 unspecified atom stereocenters. The lowest BCUT2D eigenvalue weighted by Gasteiger charge is -2.37. The van der Waals surface area contributed by atoms with Crippen molar-refractivity contribution in [1.29, 1.82) is 0 Å². The molecule has 2 fully saturated rings. The Morgan fingerprint density at radius 1 is 0.958 bits per heavy atom. The van der Waals surface area contributed by atoms with Crippen LogP contribution in [-0.4, -0.2) is 13.2 Å². The zero-order chi connectivity index (χ0) is 16.4. The molecule has 1 aromatic rings. The van der Waals surface area contributed by atoms with Crippen LogP contribution >= 0.6 is 0 Å². The van der Waals surface area contributed by atoms with E-state index in [4.69, 9.17) is 9.47 Å². The van der Waals surface area contributed by atoms with Crippen LogP contribution in [0.2, 0.25) is 0 Å². The lowest BCUT2D eigenvalue weighted by atomic mass is 9.75. The number of rotatable bonds is 3. The number of ether oxygens (including phenoxy) is 2. The summed E-state index contributed by atoms with van der Waals surface area (Å²) in [5.74, 6) is -2.12. The van der Waals surface area contributed by atoms with E-state index in [0.29, 0.717) is 25.0 Å². The third kappa shape index (κ3) is 4.12. The average Bonchev–Trinajstić information content (AvgIpc) is 2.59. The van der Waals surface area contributed by atoms with Gasteiger partial charge in [0.05, 0.1) is 13.2 Å². The fraction of sp³-hybridized carbons (Fsp3) is 0.684.